The first-order chi connectivity index (χ1) is 20.2. The van der Waals surface area contributed by atoms with E-state index < -0.39 is 0 Å². The number of carbonyl (C=O) groups excluding carboxylic acids is 2. The Morgan fingerprint density at radius 1 is 0.707 bits per heavy atom. The SMILES string of the molecule is CCCCN(CC)CCNC(=O)OCc1ccccc1CCCCCCCCCCCCCCCCCCNC=O. The maximum Gasteiger partial charge on any atom is 0.407 e. The first-order valence-corrected chi connectivity index (χ1v) is 17.1. The van der Waals surface area contributed by atoms with Gasteiger partial charge in [0.1, 0.15) is 6.61 Å². The van der Waals surface area contributed by atoms with E-state index in [9.17, 15) is 9.59 Å². The number of amides is 2. The van der Waals surface area contributed by atoms with Gasteiger partial charge in [0.15, 0.2) is 0 Å². The summed E-state index contributed by atoms with van der Waals surface area (Å²) in [6.07, 6.45) is 25.1. The molecule has 0 atom stereocenters. The molecule has 0 aliphatic carbocycles. The van der Waals surface area contributed by atoms with E-state index in [1.54, 1.807) is 0 Å². The van der Waals surface area contributed by atoms with Crippen LogP contribution in [0.1, 0.15) is 141 Å². The molecule has 0 aliphatic rings. The lowest BCUT2D eigenvalue weighted by molar-refractivity contribution is -0.109. The molecule has 0 fully saturated rings. The van der Waals surface area contributed by atoms with Crippen LogP contribution >= 0.6 is 0 Å². The van der Waals surface area contributed by atoms with E-state index in [-0.39, 0.29) is 6.09 Å². The van der Waals surface area contributed by atoms with E-state index in [0.717, 1.165) is 51.0 Å². The Bertz CT molecular complexity index is 743. The van der Waals surface area contributed by atoms with Crippen LogP contribution in [0, 0.1) is 0 Å². The predicted octanol–water partition coefficient (Wildman–Crippen LogP) is 8.56. The highest BCUT2D eigenvalue weighted by Gasteiger charge is 2.08. The van der Waals surface area contributed by atoms with E-state index in [1.165, 1.54) is 115 Å². The van der Waals surface area contributed by atoms with Gasteiger partial charge in [0.2, 0.25) is 6.41 Å². The van der Waals surface area contributed by atoms with Crippen molar-refractivity contribution >= 4 is 12.5 Å². The number of unbranched alkanes of at least 4 members (excludes halogenated alkanes) is 16. The zero-order valence-corrected chi connectivity index (χ0v) is 26.7. The second-order valence-corrected chi connectivity index (χ2v) is 11.5. The van der Waals surface area contributed by atoms with Gasteiger partial charge in [0, 0.05) is 19.6 Å². The summed E-state index contributed by atoms with van der Waals surface area (Å²) in [5.41, 5.74) is 2.44. The first kappa shape index (κ1) is 36.9. The molecule has 1 aromatic rings. The van der Waals surface area contributed by atoms with Gasteiger partial charge in [-0.1, -0.05) is 134 Å². The number of likely N-dealkylation sites (N-methyl/N-ethyl adjacent to an activating group) is 1. The van der Waals surface area contributed by atoms with Gasteiger partial charge in [0.05, 0.1) is 0 Å². The van der Waals surface area contributed by atoms with Crippen molar-refractivity contribution in [2.24, 2.45) is 0 Å². The van der Waals surface area contributed by atoms with E-state index in [0.29, 0.717) is 13.2 Å². The Morgan fingerprint density at radius 2 is 1.24 bits per heavy atom. The van der Waals surface area contributed by atoms with Crippen molar-refractivity contribution in [3.63, 3.8) is 0 Å². The van der Waals surface area contributed by atoms with Crippen LogP contribution in [0.5, 0.6) is 0 Å². The highest BCUT2D eigenvalue weighted by molar-refractivity contribution is 5.67. The summed E-state index contributed by atoms with van der Waals surface area (Å²) in [7, 11) is 0. The molecule has 0 bridgehead atoms. The molecular weight excluding hydrogens is 510 g/mol. The lowest BCUT2D eigenvalue weighted by Crippen LogP contribution is -2.35. The smallest absolute Gasteiger partial charge is 0.407 e. The number of nitrogens with one attached hydrogen (secondary N) is 2. The maximum absolute atomic E-state index is 12.2. The monoisotopic (exact) mass is 573 g/mol. The number of benzene rings is 1. The van der Waals surface area contributed by atoms with Gasteiger partial charge in [-0.05, 0) is 49.9 Å². The molecule has 6 nitrogen and oxygen atoms in total. The fraction of sp³-hybridized carbons (Fsp3) is 0.771. The quantitative estimate of drug-likeness (QED) is 0.0744. The van der Waals surface area contributed by atoms with Gasteiger partial charge in [-0.3, -0.25) is 4.79 Å². The van der Waals surface area contributed by atoms with Crippen LogP contribution < -0.4 is 10.6 Å². The largest absolute Gasteiger partial charge is 0.445 e. The Kier molecular flexibility index (Phi) is 25.3. The Labute approximate surface area is 252 Å². The van der Waals surface area contributed by atoms with E-state index in [1.807, 2.05) is 6.07 Å². The third-order valence-corrected chi connectivity index (χ3v) is 8.05. The lowest BCUT2D eigenvalue weighted by Gasteiger charge is -2.20. The van der Waals surface area contributed by atoms with E-state index in [2.05, 4.69) is 47.6 Å². The Hall–Kier alpha value is -2.08. The van der Waals surface area contributed by atoms with Crippen LogP contribution in [0.25, 0.3) is 0 Å². The molecule has 0 radical (unpaired) electrons. The molecule has 1 aromatic carbocycles. The topological polar surface area (TPSA) is 70.7 Å². The minimum absolute atomic E-state index is 0.320. The molecule has 41 heavy (non-hydrogen) atoms. The number of hydrogen-bond donors (Lipinski definition) is 2. The van der Waals surface area contributed by atoms with E-state index >= 15 is 0 Å². The second-order valence-electron chi connectivity index (χ2n) is 11.5. The van der Waals surface area contributed by atoms with Gasteiger partial charge in [-0.25, -0.2) is 4.79 Å². The summed E-state index contributed by atoms with van der Waals surface area (Å²) in [5, 5.41) is 5.64. The fourth-order valence-corrected chi connectivity index (χ4v) is 5.34. The highest BCUT2D eigenvalue weighted by Crippen LogP contribution is 2.17. The molecule has 2 amide bonds. The summed E-state index contributed by atoms with van der Waals surface area (Å²) >= 11 is 0. The van der Waals surface area contributed by atoms with Gasteiger partial charge in [-0.2, -0.15) is 0 Å². The van der Waals surface area contributed by atoms with Crippen LogP contribution in [0.2, 0.25) is 0 Å². The van der Waals surface area contributed by atoms with Crippen molar-refractivity contribution in [3.8, 4) is 0 Å². The van der Waals surface area contributed by atoms with Gasteiger partial charge in [-0.15, -0.1) is 0 Å². The number of alkyl carbamates (subject to hydrolysis) is 1. The molecule has 0 heterocycles. The number of rotatable bonds is 29. The predicted molar refractivity (Wildman–Crippen MR) is 173 cm³/mol. The summed E-state index contributed by atoms with van der Waals surface area (Å²) in [5.74, 6) is 0. The first-order valence-electron chi connectivity index (χ1n) is 17.1. The van der Waals surface area contributed by atoms with Crippen molar-refractivity contribution in [2.75, 3.05) is 32.7 Å². The summed E-state index contributed by atoms with van der Waals surface area (Å²) in [6.45, 7) is 9.14. The molecular formula is C35H63N3O3. The van der Waals surface area contributed by atoms with Crippen LogP contribution in [-0.2, 0) is 22.6 Å². The Balaban J connectivity index is 1.99. The molecule has 0 spiro atoms. The van der Waals surface area contributed by atoms with Crippen molar-refractivity contribution in [2.45, 2.75) is 142 Å². The van der Waals surface area contributed by atoms with Gasteiger partial charge in [0.25, 0.3) is 0 Å². The number of hydrogen-bond acceptors (Lipinski definition) is 4. The molecule has 2 N–H and O–H groups in total. The van der Waals surface area contributed by atoms with Crippen molar-refractivity contribution in [3.05, 3.63) is 35.4 Å². The summed E-state index contributed by atoms with van der Waals surface area (Å²) < 4.78 is 5.53. The van der Waals surface area contributed by atoms with Crippen LogP contribution in [0.4, 0.5) is 4.79 Å². The van der Waals surface area contributed by atoms with E-state index in [4.69, 9.17) is 4.74 Å². The van der Waals surface area contributed by atoms with Crippen LogP contribution in [0.3, 0.4) is 0 Å². The minimum atomic E-state index is -0.320. The van der Waals surface area contributed by atoms with Gasteiger partial charge < -0.3 is 20.3 Å². The average molecular weight is 574 g/mol. The van der Waals surface area contributed by atoms with Crippen LogP contribution in [-0.4, -0.2) is 50.1 Å². The third kappa shape index (κ3) is 22.2. The molecule has 236 valence electrons. The fourth-order valence-electron chi connectivity index (χ4n) is 5.34. The summed E-state index contributed by atoms with van der Waals surface area (Å²) in [6, 6.07) is 8.39. The minimum Gasteiger partial charge on any atom is -0.445 e. The number of nitrogens with zero attached hydrogens (tertiary/aromatic N) is 1. The lowest BCUT2D eigenvalue weighted by atomic mass is 10.0. The normalized spacial score (nSPS) is 11.1. The molecule has 0 saturated carbocycles. The molecule has 0 aromatic heterocycles. The Morgan fingerprint density at radius 3 is 1.78 bits per heavy atom. The highest BCUT2D eigenvalue weighted by atomic mass is 16.5. The number of carbonyl (C=O) groups is 2. The van der Waals surface area contributed by atoms with Crippen molar-refractivity contribution in [1.29, 1.82) is 0 Å². The summed E-state index contributed by atoms with van der Waals surface area (Å²) in [4.78, 5) is 24.7. The standard InChI is InChI=1S/C35H63N3O3/c1-3-5-29-38(4-2)30-28-37-35(40)41-31-34-26-22-21-25-33(34)24-20-18-16-14-12-10-8-6-7-9-11-13-15-17-19-23-27-36-32-39/h21-22,25-26,32H,3-20,23-24,27-31H2,1-2H3,(H,36,39)(H,37,40). The van der Waals surface area contributed by atoms with Crippen molar-refractivity contribution in [1.82, 2.24) is 15.5 Å². The molecule has 0 saturated heterocycles. The molecule has 0 unspecified atom stereocenters. The van der Waals surface area contributed by atoms with Gasteiger partial charge >= 0.3 is 6.09 Å². The maximum atomic E-state index is 12.2. The van der Waals surface area contributed by atoms with Crippen molar-refractivity contribution < 1.29 is 14.3 Å². The molecule has 1 rings (SSSR count). The number of aryl methyl sites for hydroxylation is 1. The number of ether oxygens (including phenoxy) is 1. The van der Waals surface area contributed by atoms with Crippen LogP contribution in [0.15, 0.2) is 24.3 Å². The molecule has 0 aliphatic heterocycles. The third-order valence-electron chi connectivity index (χ3n) is 8.05. The zero-order chi connectivity index (χ0) is 29.6. The average Bonchev–Trinajstić information content (AvgIpc) is 2.99. The zero-order valence-electron chi connectivity index (χ0n) is 26.7. The molecule has 6 heteroatoms. The second kappa shape index (κ2) is 28.1.